The molecule has 0 saturated carbocycles. The third kappa shape index (κ3) is 4.87. The second-order valence-corrected chi connectivity index (χ2v) is 7.06. The topological polar surface area (TPSA) is 69.7 Å². The second-order valence-electron chi connectivity index (χ2n) is 5.12. The molecule has 0 bridgehead atoms. The Bertz CT molecular complexity index is 625. The standard InChI is InChI=1S/C14H20FN3O3S.ClH/c1-16-11-14(19)17-7-2-8-18(10-9-17)22(20,21)13-5-3-12(15)4-6-13;/h3-6,16H,2,7-11H2,1H3;1H. The van der Waals surface area contributed by atoms with Gasteiger partial charge < -0.3 is 10.2 Å². The van der Waals surface area contributed by atoms with E-state index >= 15 is 0 Å². The summed E-state index contributed by atoms with van der Waals surface area (Å²) in [7, 11) is -1.96. The van der Waals surface area contributed by atoms with Crippen LogP contribution in [0.2, 0.25) is 0 Å². The van der Waals surface area contributed by atoms with Crippen LogP contribution in [0.1, 0.15) is 6.42 Å². The Kier molecular flexibility index (Phi) is 7.40. The lowest BCUT2D eigenvalue weighted by Crippen LogP contribution is -2.40. The van der Waals surface area contributed by atoms with Crippen LogP contribution in [0.4, 0.5) is 4.39 Å². The van der Waals surface area contributed by atoms with Crippen molar-refractivity contribution >= 4 is 28.3 Å². The third-order valence-corrected chi connectivity index (χ3v) is 5.50. The van der Waals surface area contributed by atoms with E-state index in [-0.39, 0.29) is 36.3 Å². The van der Waals surface area contributed by atoms with Crippen LogP contribution in [-0.4, -0.2) is 63.3 Å². The Labute approximate surface area is 142 Å². The van der Waals surface area contributed by atoms with Crippen molar-refractivity contribution in [2.75, 3.05) is 39.8 Å². The van der Waals surface area contributed by atoms with Gasteiger partial charge in [0, 0.05) is 26.2 Å². The van der Waals surface area contributed by atoms with E-state index < -0.39 is 15.8 Å². The van der Waals surface area contributed by atoms with E-state index in [4.69, 9.17) is 0 Å². The molecule has 1 aromatic carbocycles. The van der Waals surface area contributed by atoms with Gasteiger partial charge in [0.1, 0.15) is 5.82 Å². The number of halogens is 2. The molecule has 0 atom stereocenters. The zero-order valence-corrected chi connectivity index (χ0v) is 14.5. The summed E-state index contributed by atoms with van der Waals surface area (Å²) in [5.74, 6) is -0.512. The Morgan fingerprint density at radius 2 is 1.83 bits per heavy atom. The lowest BCUT2D eigenvalue weighted by molar-refractivity contribution is -0.129. The summed E-state index contributed by atoms with van der Waals surface area (Å²) in [6.45, 7) is 1.74. The van der Waals surface area contributed by atoms with E-state index in [0.717, 1.165) is 12.1 Å². The molecule has 23 heavy (non-hydrogen) atoms. The Morgan fingerprint density at radius 1 is 1.17 bits per heavy atom. The number of nitrogens with one attached hydrogen (secondary N) is 1. The summed E-state index contributed by atoms with van der Waals surface area (Å²) in [5.41, 5.74) is 0. The van der Waals surface area contributed by atoms with Crippen LogP contribution in [0.3, 0.4) is 0 Å². The highest BCUT2D eigenvalue weighted by Gasteiger charge is 2.27. The van der Waals surface area contributed by atoms with Gasteiger partial charge in [-0.15, -0.1) is 12.4 Å². The summed E-state index contributed by atoms with van der Waals surface area (Å²) in [5, 5.41) is 2.80. The van der Waals surface area contributed by atoms with Crippen molar-refractivity contribution in [3.05, 3.63) is 30.1 Å². The number of rotatable bonds is 4. The van der Waals surface area contributed by atoms with Gasteiger partial charge in [-0.2, -0.15) is 4.31 Å². The molecule has 130 valence electrons. The lowest BCUT2D eigenvalue weighted by atomic mass is 10.4. The molecular weight excluding hydrogens is 345 g/mol. The van der Waals surface area contributed by atoms with Crippen LogP contribution < -0.4 is 5.32 Å². The molecule has 1 saturated heterocycles. The minimum atomic E-state index is -3.65. The minimum absolute atomic E-state index is 0. The fourth-order valence-corrected chi connectivity index (χ4v) is 3.87. The number of carbonyl (C=O) groups excluding carboxylic acids is 1. The number of amides is 1. The molecule has 1 amide bonds. The molecule has 2 rings (SSSR count). The highest BCUT2D eigenvalue weighted by Crippen LogP contribution is 2.18. The molecular formula is C14H21ClFN3O3S. The van der Waals surface area contributed by atoms with Gasteiger partial charge in [-0.25, -0.2) is 12.8 Å². The van der Waals surface area contributed by atoms with Gasteiger partial charge in [-0.3, -0.25) is 4.79 Å². The zero-order valence-electron chi connectivity index (χ0n) is 12.9. The molecule has 6 nitrogen and oxygen atoms in total. The van der Waals surface area contributed by atoms with E-state index in [9.17, 15) is 17.6 Å². The minimum Gasteiger partial charge on any atom is -0.340 e. The number of likely N-dealkylation sites (N-methyl/N-ethyl adjacent to an activating group) is 1. The van der Waals surface area contributed by atoms with E-state index in [0.29, 0.717) is 26.1 Å². The van der Waals surface area contributed by atoms with E-state index in [1.807, 2.05) is 0 Å². The first-order chi connectivity index (χ1) is 10.4. The van der Waals surface area contributed by atoms with Crippen molar-refractivity contribution in [3.8, 4) is 0 Å². The molecule has 0 unspecified atom stereocenters. The van der Waals surface area contributed by atoms with Crippen LogP contribution in [-0.2, 0) is 14.8 Å². The highest BCUT2D eigenvalue weighted by molar-refractivity contribution is 7.89. The summed E-state index contributed by atoms with van der Waals surface area (Å²) < 4.78 is 39.4. The molecule has 0 aliphatic carbocycles. The van der Waals surface area contributed by atoms with Crippen LogP contribution in [0.5, 0.6) is 0 Å². The first kappa shape index (κ1) is 19.8. The summed E-state index contributed by atoms with van der Waals surface area (Å²) in [6, 6.07) is 4.79. The van der Waals surface area contributed by atoms with Gasteiger partial charge in [0.15, 0.2) is 0 Å². The monoisotopic (exact) mass is 365 g/mol. The number of hydrogen-bond acceptors (Lipinski definition) is 4. The fraction of sp³-hybridized carbons (Fsp3) is 0.500. The lowest BCUT2D eigenvalue weighted by Gasteiger charge is -2.22. The van der Waals surface area contributed by atoms with Gasteiger partial charge >= 0.3 is 0 Å². The van der Waals surface area contributed by atoms with E-state index in [1.54, 1.807) is 11.9 Å². The Balaban J connectivity index is 0.00000264. The molecule has 1 fully saturated rings. The highest BCUT2D eigenvalue weighted by atomic mass is 35.5. The maximum absolute atomic E-state index is 12.9. The summed E-state index contributed by atoms with van der Waals surface area (Å²) in [6.07, 6.45) is 0.579. The number of benzene rings is 1. The van der Waals surface area contributed by atoms with Crippen LogP contribution in [0.15, 0.2) is 29.2 Å². The molecule has 0 radical (unpaired) electrons. The molecule has 0 spiro atoms. The van der Waals surface area contributed by atoms with Gasteiger partial charge in [0.2, 0.25) is 15.9 Å². The largest absolute Gasteiger partial charge is 0.340 e. The SMILES string of the molecule is CNCC(=O)N1CCCN(S(=O)(=O)c2ccc(F)cc2)CC1.Cl. The van der Waals surface area contributed by atoms with E-state index in [2.05, 4.69) is 5.32 Å². The van der Waals surface area contributed by atoms with E-state index in [1.165, 1.54) is 16.4 Å². The first-order valence-electron chi connectivity index (χ1n) is 7.13. The first-order valence-corrected chi connectivity index (χ1v) is 8.57. The number of carbonyl (C=O) groups is 1. The summed E-state index contributed by atoms with van der Waals surface area (Å²) in [4.78, 5) is 13.6. The van der Waals surface area contributed by atoms with Crippen molar-refractivity contribution in [2.45, 2.75) is 11.3 Å². The maximum atomic E-state index is 12.9. The Morgan fingerprint density at radius 3 is 2.43 bits per heavy atom. The third-order valence-electron chi connectivity index (χ3n) is 3.59. The van der Waals surface area contributed by atoms with Gasteiger partial charge in [0.25, 0.3) is 0 Å². The number of hydrogen-bond donors (Lipinski definition) is 1. The average Bonchev–Trinajstić information content (AvgIpc) is 2.74. The van der Waals surface area contributed by atoms with Crippen molar-refractivity contribution in [3.63, 3.8) is 0 Å². The molecule has 1 aliphatic heterocycles. The average molecular weight is 366 g/mol. The fourth-order valence-electron chi connectivity index (χ4n) is 2.40. The predicted molar refractivity (Wildman–Crippen MR) is 87.5 cm³/mol. The summed E-state index contributed by atoms with van der Waals surface area (Å²) >= 11 is 0. The second kappa shape index (κ2) is 8.58. The smallest absolute Gasteiger partial charge is 0.243 e. The van der Waals surface area contributed by atoms with Crippen molar-refractivity contribution in [1.29, 1.82) is 0 Å². The molecule has 9 heteroatoms. The molecule has 1 N–H and O–H groups in total. The van der Waals surface area contributed by atoms with Crippen molar-refractivity contribution in [2.24, 2.45) is 0 Å². The van der Waals surface area contributed by atoms with Crippen molar-refractivity contribution in [1.82, 2.24) is 14.5 Å². The molecule has 1 aromatic rings. The van der Waals surface area contributed by atoms with Crippen molar-refractivity contribution < 1.29 is 17.6 Å². The zero-order chi connectivity index (χ0) is 16.2. The molecule has 1 aliphatic rings. The van der Waals surface area contributed by atoms with Crippen LogP contribution in [0.25, 0.3) is 0 Å². The van der Waals surface area contributed by atoms with Gasteiger partial charge in [-0.05, 0) is 37.7 Å². The normalized spacial score (nSPS) is 16.5. The quantitative estimate of drug-likeness (QED) is 0.852. The van der Waals surface area contributed by atoms with Crippen LogP contribution in [0, 0.1) is 5.82 Å². The molecule has 1 heterocycles. The van der Waals surface area contributed by atoms with Gasteiger partial charge in [-0.1, -0.05) is 0 Å². The number of nitrogens with zero attached hydrogens (tertiary/aromatic N) is 2. The maximum Gasteiger partial charge on any atom is 0.243 e. The predicted octanol–water partition coefficient (Wildman–Crippen LogP) is 0.690. The number of sulfonamides is 1. The van der Waals surface area contributed by atoms with Gasteiger partial charge in [0.05, 0.1) is 11.4 Å². The molecule has 0 aromatic heterocycles. The van der Waals surface area contributed by atoms with Crippen LogP contribution >= 0.6 is 12.4 Å². The Hall–Kier alpha value is -1.22.